The number of guanidine groups is 1. The van der Waals surface area contributed by atoms with Crippen LogP contribution in [0.4, 0.5) is 0 Å². The van der Waals surface area contributed by atoms with E-state index in [0.29, 0.717) is 11.9 Å². The van der Waals surface area contributed by atoms with Crippen molar-refractivity contribution in [3.05, 3.63) is 33.3 Å². The Morgan fingerprint density at radius 3 is 2.64 bits per heavy atom. The summed E-state index contributed by atoms with van der Waals surface area (Å²) >= 11 is 3.36. The third-order valence-corrected chi connectivity index (χ3v) is 6.58. The molecule has 4 rings (SSSR count). The van der Waals surface area contributed by atoms with Crippen molar-refractivity contribution in [2.45, 2.75) is 25.3 Å². The van der Waals surface area contributed by atoms with E-state index in [1.807, 2.05) is 0 Å². The van der Waals surface area contributed by atoms with Crippen LogP contribution < -0.4 is 5.73 Å². The van der Waals surface area contributed by atoms with Gasteiger partial charge in [-0.1, -0.05) is 0 Å². The summed E-state index contributed by atoms with van der Waals surface area (Å²) in [7, 11) is 1.71. The second-order valence-electron chi connectivity index (χ2n) is 6.06. The minimum atomic E-state index is -0.770. The number of rotatable bonds is 3. The van der Waals surface area contributed by atoms with Crippen molar-refractivity contribution >= 4 is 34.5 Å². The van der Waals surface area contributed by atoms with Crippen LogP contribution in [0.2, 0.25) is 0 Å². The molecule has 2 aromatic heterocycles. The summed E-state index contributed by atoms with van der Waals surface area (Å²) in [5.41, 5.74) is 7.60. The van der Waals surface area contributed by atoms with E-state index in [1.54, 1.807) is 29.7 Å². The molecule has 1 fully saturated rings. The molecule has 0 aromatic carbocycles. The molecule has 2 aromatic rings. The third-order valence-electron chi connectivity index (χ3n) is 4.42. The standard InChI is InChI=1S/C16H17N3OS2/c1-9-5-12(21-7-9)10-6-13(22-8-10)16(11-3-4-11)14(20)19(2)15(17)18-16/h5-8,11H,3-4H2,1-2H3,(H2,17,18). The molecular formula is C16H17N3OS2. The van der Waals surface area contributed by atoms with Gasteiger partial charge in [-0.15, -0.1) is 22.7 Å². The number of aliphatic imine (C=N–C) groups is 1. The van der Waals surface area contributed by atoms with Crippen molar-refractivity contribution in [1.29, 1.82) is 0 Å². The van der Waals surface area contributed by atoms with Gasteiger partial charge in [0.15, 0.2) is 11.5 Å². The average molecular weight is 331 g/mol. The lowest BCUT2D eigenvalue weighted by molar-refractivity contribution is -0.131. The smallest absolute Gasteiger partial charge is 0.262 e. The highest BCUT2D eigenvalue weighted by molar-refractivity contribution is 7.15. The molecule has 1 aliphatic heterocycles. The van der Waals surface area contributed by atoms with Crippen LogP contribution in [0.1, 0.15) is 23.3 Å². The summed E-state index contributed by atoms with van der Waals surface area (Å²) in [5, 5.41) is 4.27. The number of carbonyl (C=O) groups is 1. The molecule has 4 nitrogen and oxygen atoms in total. The van der Waals surface area contributed by atoms with Gasteiger partial charge >= 0.3 is 0 Å². The van der Waals surface area contributed by atoms with Gasteiger partial charge in [-0.25, -0.2) is 4.99 Å². The molecule has 2 aliphatic rings. The van der Waals surface area contributed by atoms with Gasteiger partial charge in [-0.3, -0.25) is 9.69 Å². The molecule has 6 heteroatoms. The number of likely N-dealkylation sites (N-methyl/N-ethyl adjacent to an activating group) is 1. The predicted molar refractivity (Wildman–Crippen MR) is 91.2 cm³/mol. The Labute approximate surface area is 137 Å². The fourth-order valence-electron chi connectivity index (χ4n) is 3.04. The zero-order valence-corrected chi connectivity index (χ0v) is 14.1. The molecule has 2 N–H and O–H groups in total. The summed E-state index contributed by atoms with van der Waals surface area (Å²) in [6, 6.07) is 4.31. The molecule has 1 amide bonds. The lowest BCUT2D eigenvalue weighted by Gasteiger charge is -2.23. The fourth-order valence-corrected chi connectivity index (χ4v) is 5.13. The molecular weight excluding hydrogens is 314 g/mol. The maximum absolute atomic E-state index is 12.8. The first-order valence-electron chi connectivity index (χ1n) is 7.30. The van der Waals surface area contributed by atoms with Crippen molar-refractivity contribution in [3.63, 3.8) is 0 Å². The zero-order chi connectivity index (χ0) is 15.5. The van der Waals surface area contributed by atoms with Crippen LogP contribution in [0.5, 0.6) is 0 Å². The van der Waals surface area contributed by atoms with E-state index in [0.717, 1.165) is 17.7 Å². The number of thiophene rings is 2. The molecule has 0 bridgehead atoms. The van der Waals surface area contributed by atoms with Crippen LogP contribution in [-0.4, -0.2) is 23.8 Å². The van der Waals surface area contributed by atoms with Gasteiger partial charge in [0.1, 0.15) is 0 Å². The summed E-state index contributed by atoms with van der Waals surface area (Å²) < 4.78 is 0. The van der Waals surface area contributed by atoms with E-state index in [4.69, 9.17) is 5.73 Å². The second kappa shape index (κ2) is 4.67. The quantitative estimate of drug-likeness (QED) is 0.939. The molecule has 1 saturated carbocycles. The van der Waals surface area contributed by atoms with Gasteiger partial charge in [0.2, 0.25) is 0 Å². The van der Waals surface area contributed by atoms with Gasteiger partial charge in [0.25, 0.3) is 5.91 Å². The van der Waals surface area contributed by atoms with Crippen LogP contribution in [0.15, 0.2) is 27.9 Å². The van der Waals surface area contributed by atoms with Crippen molar-refractivity contribution in [2.75, 3.05) is 7.05 Å². The average Bonchev–Trinajstić information content (AvgIpc) is 2.99. The minimum absolute atomic E-state index is 0.0169. The molecule has 0 radical (unpaired) electrons. The number of amides is 1. The molecule has 0 spiro atoms. The zero-order valence-electron chi connectivity index (χ0n) is 12.5. The van der Waals surface area contributed by atoms with Crippen molar-refractivity contribution < 1.29 is 4.79 Å². The maximum atomic E-state index is 12.8. The van der Waals surface area contributed by atoms with E-state index < -0.39 is 5.54 Å². The number of aryl methyl sites for hydroxylation is 1. The first kappa shape index (κ1) is 14.0. The number of hydrogen-bond donors (Lipinski definition) is 1. The Morgan fingerprint density at radius 2 is 2.09 bits per heavy atom. The molecule has 1 atom stereocenters. The molecule has 114 valence electrons. The van der Waals surface area contributed by atoms with E-state index in [-0.39, 0.29) is 5.91 Å². The van der Waals surface area contributed by atoms with E-state index in [1.165, 1.54) is 20.9 Å². The monoisotopic (exact) mass is 331 g/mol. The molecule has 3 heterocycles. The van der Waals surface area contributed by atoms with E-state index in [2.05, 4.69) is 34.8 Å². The fraction of sp³-hybridized carbons (Fsp3) is 0.375. The molecule has 1 unspecified atom stereocenters. The minimum Gasteiger partial charge on any atom is -0.369 e. The van der Waals surface area contributed by atoms with E-state index in [9.17, 15) is 4.79 Å². The number of nitrogens with zero attached hydrogens (tertiary/aromatic N) is 2. The SMILES string of the molecule is Cc1csc(-c2csc(C3(C4CC4)N=C(N)N(C)C3=O)c2)c1. The Hall–Kier alpha value is -1.66. The van der Waals surface area contributed by atoms with E-state index >= 15 is 0 Å². The highest BCUT2D eigenvalue weighted by Gasteiger charge is 2.58. The Kier molecular flexibility index (Phi) is 2.96. The Balaban J connectivity index is 1.80. The lowest BCUT2D eigenvalue weighted by Crippen LogP contribution is -2.41. The van der Waals surface area contributed by atoms with Gasteiger partial charge in [-0.05, 0) is 54.1 Å². The van der Waals surface area contributed by atoms with Crippen LogP contribution in [0, 0.1) is 12.8 Å². The van der Waals surface area contributed by atoms with Gasteiger partial charge in [0.05, 0.1) is 0 Å². The van der Waals surface area contributed by atoms with Gasteiger partial charge in [0, 0.05) is 22.4 Å². The summed E-state index contributed by atoms with van der Waals surface area (Å²) in [6.45, 7) is 2.10. The predicted octanol–water partition coefficient (Wildman–Crippen LogP) is 3.18. The summed E-state index contributed by atoms with van der Waals surface area (Å²) in [6.07, 6.45) is 2.09. The maximum Gasteiger partial charge on any atom is 0.262 e. The van der Waals surface area contributed by atoms with Crippen LogP contribution >= 0.6 is 22.7 Å². The third kappa shape index (κ3) is 1.87. The molecule has 22 heavy (non-hydrogen) atoms. The van der Waals surface area contributed by atoms with Crippen LogP contribution in [0.3, 0.4) is 0 Å². The molecule has 1 aliphatic carbocycles. The van der Waals surface area contributed by atoms with Gasteiger partial charge < -0.3 is 5.73 Å². The summed E-state index contributed by atoms with van der Waals surface area (Å²) in [4.78, 5) is 21.2. The lowest BCUT2D eigenvalue weighted by atomic mass is 9.91. The number of nitrogens with two attached hydrogens (primary N) is 1. The topological polar surface area (TPSA) is 58.7 Å². The summed E-state index contributed by atoms with van der Waals surface area (Å²) in [5.74, 6) is 0.641. The highest BCUT2D eigenvalue weighted by Crippen LogP contribution is 2.53. The van der Waals surface area contributed by atoms with Crippen molar-refractivity contribution in [3.8, 4) is 10.4 Å². The van der Waals surface area contributed by atoms with Crippen LogP contribution in [-0.2, 0) is 10.3 Å². The first-order chi connectivity index (χ1) is 10.5. The Bertz CT molecular complexity index is 787. The van der Waals surface area contributed by atoms with Crippen molar-refractivity contribution in [1.82, 2.24) is 4.90 Å². The Morgan fingerprint density at radius 1 is 1.32 bits per heavy atom. The van der Waals surface area contributed by atoms with Crippen molar-refractivity contribution in [2.24, 2.45) is 16.6 Å². The number of hydrogen-bond acceptors (Lipinski definition) is 5. The van der Waals surface area contributed by atoms with Gasteiger partial charge in [-0.2, -0.15) is 0 Å². The van der Waals surface area contributed by atoms with Crippen LogP contribution in [0.25, 0.3) is 10.4 Å². The highest BCUT2D eigenvalue weighted by atomic mass is 32.1. The second-order valence-corrected chi connectivity index (χ2v) is 7.89. The molecule has 0 saturated heterocycles. The first-order valence-corrected chi connectivity index (χ1v) is 9.06. The normalized spacial score (nSPS) is 24.9. The largest absolute Gasteiger partial charge is 0.369 e. The number of carbonyl (C=O) groups excluding carboxylic acids is 1.